The Bertz CT molecular complexity index is 846. The minimum atomic E-state index is 0.538. The first-order chi connectivity index (χ1) is 10.8. The van der Waals surface area contributed by atoms with E-state index in [0.717, 1.165) is 16.8 Å². The van der Waals surface area contributed by atoms with E-state index >= 15 is 0 Å². The zero-order valence-electron chi connectivity index (χ0n) is 11.4. The molecule has 2 aromatic heterocycles. The van der Waals surface area contributed by atoms with Gasteiger partial charge >= 0.3 is 0 Å². The summed E-state index contributed by atoms with van der Waals surface area (Å²) in [5.74, 6) is 0. The van der Waals surface area contributed by atoms with Gasteiger partial charge in [-0.15, -0.1) is 11.3 Å². The topological polar surface area (TPSA) is 49.6 Å². The molecular formula is C17H10ClN3S. The van der Waals surface area contributed by atoms with Gasteiger partial charge in [-0.05, 0) is 35.9 Å². The predicted octanol–water partition coefficient (Wildman–Crippen LogP) is 4.92. The third-order valence-corrected chi connectivity index (χ3v) is 4.14. The second-order valence-corrected chi connectivity index (χ2v) is 5.79. The maximum Gasteiger partial charge on any atom is 0.134 e. The van der Waals surface area contributed by atoms with Crippen LogP contribution in [0.3, 0.4) is 0 Å². The number of aromatic nitrogens is 2. The van der Waals surface area contributed by atoms with Crippen molar-refractivity contribution in [2.75, 3.05) is 0 Å². The van der Waals surface area contributed by atoms with Crippen molar-refractivity contribution in [2.24, 2.45) is 0 Å². The second-order valence-electron chi connectivity index (χ2n) is 4.50. The van der Waals surface area contributed by atoms with Gasteiger partial charge in [-0.3, -0.25) is 4.98 Å². The highest BCUT2D eigenvalue weighted by Crippen LogP contribution is 2.27. The molecule has 0 amide bonds. The van der Waals surface area contributed by atoms with Crippen LogP contribution in [0.4, 0.5) is 0 Å². The standard InChI is InChI=1S/C17H10ClN3S/c18-15-3-1-13(2-4-15)16-11-22-17(21-16)14(10-19)9-12-5-7-20-8-6-12/h1-9,11H/b14-9-. The molecule has 0 N–H and O–H groups in total. The number of nitrogens with zero attached hydrogens (tertiary/aromatic N) is 3. The number of benzene rings is 1. The summed E-state index contributed by atoms with van der Waals surface area (Å²) in [7, 11) is 0. The summed E-state index contributed by atoms with van der Waals surface area (Å²) in [6, 6.07) is 13.4. The van der Waals surface area contributed by atoms with Crippen LogP contribution in [0.1, 0.15) is 10.6 Å². The molecule has 0 aliphatic rings. The van der Waals surface area contributed by atoms with E-state index in [1.54, 1.807) is 12.4 Å². The van der Waals surface area contributed by atoms with Crippen LogP contribution in [0.2, 0.25) is 5.02 Å². The lowest BCUT2D eigenvalue weighted by molar-refractivity contribution is 1.32. The maximum absolute atomic E-state index is 9.37. The van der Waals surface area contributed by atoms with Crippen LogP contribution < -0.4 is 0 Å². The summed E-state index contributed by atoms with van der Waals surface area (Å²) < 4.78 is 0. The van der Waals surface area contributed by atoms with Crippen molar-refractivity contribution in [3.05, 3.63) is 69.8 Å². The number of halogens is 1. The molecule has 0 saturated heterocycles. The summed E-state index contributed by atoms with van der Waals surface area (Å²) >= 11 is 7.34. The molecule has 3 rings (SSSR count). The predicted molar refractivity (Wildman–Crippen MR) is 90.3 cm³/mol. The smallest absolute Gasteiger partial charge is 0.134 e. The van der Waals surface area contributed by atoms with Gasteiger partial charge in [0.15, 0.2) is 0 Å². The lowest BCUT2D eigenvalue weighted by atomic mass is 10.1. The van der Waals surface area contributed by atoms with Crippen LogP contribution in [0, 0.1) is 11.3 Å². The zero-order valence-corrected chi connectivity index (χ0v) is 13.0. The van der Waals surface area contributed by atoms with Crippen molar-refractivity contribution >= 4 is 34.6 Å². The fourth-order valence-electron chi connectivity index (χ4n) is 1.92. The van der Waals surface area contributed by atoms with E-state index in [-0.39, 0.29) is 0 Å². The lowest BCUT2D eigenvalue weighted by Crippen LogP contribution is -1.83. The molecule has 0 saturated carbocycles. The monoisotopic (exact) mass is 323 g/mol. The SMILES string of the molecule is N#C/C(=C/c1ccncc1)c1nc(-c2ccc(Cl)cc2)cs1. The van der Waals surface area contributed by atoms with Gasteiger partial charge in [0.05, 0.1) is 11.3 Å². The highest BCUT2D eigenvalue weighted by molar-refractivity contribution is 7.11. The van der Waals surface area contributed by atoms with Crippen molar-refractivity contribution < 1.29 is 0 Å². The Labute approximate surface area is 137 Å². The largest absolute Gasteiger partial charge is 0.265 e. The summed E-state index contributed by atoms with van der Waals surface area (Å²) in [6.45, 7) is 0. The molecule has 0 aliphatic heterocycles. The molecule has 5 heteroatoms. The number of thiazole rings is 1. The van der Waals surface area contributed by atoms with Gasteiger partial charge in [0.25, 0.3) is 0 Å². The fourth-order valence-corrected chi connectivity index (χ4v) is 2.84. The van der Waals surface area contributed by atoms with Crippen LogP contribution >= 0.6 is 22.9 Å². The van der Waals surface area contributed by atoms with Gasteiger partial charge in [-0.1, -0.05) is 23.7 Å². The molecule has 22 heavy (non-hydrogen) atoms. The van der Waals surface area contributed by atoms with E-state index in [1.165, 1.54) is 11.3 Å². The van der Waals surface area contributed by atoms with Gasteiger partial charge < -0.3 is 0 Å². The van der Waals surface area contributed by atoms with E-state index in [1.807, 2.05) is 47.9 Å². The van der Waals surface area contributed by atoms with Crippen molar-refractivity contribution in [3.8, 4) is 17.3 Å². The molecule has 0 fully saturated rings. The molecule has 2 heterocycles. The van der Waals surface area contributed by atoms with Gasteiger partial charge in [-0.2, -0.15) is 5.26 Å². The molecule has 3 nitrogen and oxygen atoms in total. The second kappa shape index (κ2) is 6.52. The number of rotatable bonds is 3. The average molecular weight is 324 g/mol. The van der Waals surface area contributed by atoms with Crippen LogP contribution in [-0.4, -0.2) is 9.97 Å². The number of hydrogen-bond acceptors (Lipinski definition) is 4. The third-order valence-electron chi connectivity index (χ3n) is 3.01. The lowest BCUT2D eigenvalue weighted by Gasteiger charge is -1.97. The van der Waals surface area contributed by atoms with Gasteiger partial charge in [0, 0.05) is 28.4 Å². The Kier molecular flexibility index (Phi) is 4.29. The zero-order chi connectivity index (χ0) is 15.4. The first kappa shape index (κ1) is 14.5. The van der Waals surface area contributed by atoms with Crippen molar-refractivity contribution in [1.29, 1.82) is 5.26 Å². The van der Waals surface area contributed by atoms with Crippen molar-refractivity contribution in [1.82, 2.24) is 9.97 Å². The van der Waals surface area contributed by atoms with Gasteiger partial charge in [0.2, 0.25) is 0 Å². The Hall–Kier alpha value is -2.48. The first-order valence-corrected chi connectivity index (χ1v) is 7.76. The van der Waals surface area contributed by atoms with E-state index in [2.05, 4.69) is 16.0 Å². The van der Waals surface area contributed by atoms with Crippen LogP contribution in [-0.2, 0) is 0 Å². The van der Waals surface area contributed by atoms with Gasteiger partial charge in [-0.25, -0.2) is 4.98 Å². The molecule has 0 atom stereocenters. The minimum Gasteiger partial charge on any atom is -0.265 e. The number of hydrogen-bond donors (Lipinski definition) is 0. The molecule has 1 aromatic carbocycles. The molecule has 0 bridgehead atoms. The highest BCUT2D eigenvalue weighted by atomic mass is 35.5. The molecule has 0 radical (unpaired) electrons. The molecular weight excluding hydrogens is 314 g/mol. The van der Waals surface area contributed by atoms with E-state index in [4.69, 9.17) is 11.6 Å². The summed E-state index contributed by atoms with van der Waals surface area (Å²) in [5, 5.41) is 12.7. The first-order valence-electron chi connectivity index (χ1n) is 6.50. The molecule has 0 aliphatic carbocycles. The Morgan fingerprint density at radius 1 is 1.14 bits per heavy atom. The fraction of sp³-hybridized carbons (Fsp3) is 0. The van der Waals surface area contributed by atoms with Crippen molar-refractivity contribution in [2.45, 2.75) is 0 Å². The van der Waals surface area contributed by atoms with Crippen molar-refractivity contribution in [3.63, 3.8) is 0 Å². The summed E-state index contributed by atoms with van der Waals surface area (Å²) in [5.41, 5.74) is 3.28. The maximum atomic E-state index is 9.37. The summed E-state index contributed by atoms with van der Waals surface area (Å²) in [6.07, 6.45) is 5.20. The van der Waals surface area contributed by atoms with Crippen LogP contribution in [0.5, 0.6) is 0 Å². The average Bonchev–Trinajstić information content (AvgIpc) is 3.04. The van der Waals surface area contributed by atoms with Crippen LogP contribution in [0.25, 0.3) is 22.9 Å². The van der Waals surface area contributed by atoms with E-state index < -0.39 is 0 Å². The molecule has 0 unspecified atom stereocenters. The third kappa shape index (κ3) is 3.22. The van der Waals surface area contributed by atoms with Crippen LogP contribution in [0.15, 0.2) is 54.2 Å². The molecule has 3 aromatic rings. The normalized spacial score (nSPS) is 11.2. The Morgan fingerprint density at radius 2 is 1.86 bits per heavy atom. The summed E-state index contributed by atoms with van der Waals surface area (Å²) in [4.78, 5) is 8.51. The minimum absolute atomic E-state index is 0.538. The molecule has 0 spiro atoms. The number of pyridine rings is 1. The highest BCUT2D eigenvalue weighted by Gasteiger charge is 2.09. The number of nitriles is 1. The quantitative estimate of drug-likeness (QED) is 0.642. The van der Waals surface area contributed by atoms with E-state index in [9.17, 15) is 5.26 Å². The van der Waals surface area contributed by atoms with E-state index in [0.29, 0.717) is 15.6 Å². The van der Waals surface area contributed by atoms with Gasteiger partial charge in [0.1, 0.15) is 11.1 Å². The Morgan fingerprint density at radius 3 is 2.55 bits per heavy atom. The number of allylic oxidation sites excluding steroid dienone is 1. The Balaban J connectivity index is 1.94. The molecule has 106 valence electrons.